The van der Waals surface area contributed by atoms with E-state index in [0.29, 0.717) is 0 Å². The van der Waals surface area contributed by atoms with Crippen LogP contribution in [-0.2, 0) is 0 Å². The van der Waals surface area contributed by atoms with E-state index in [1.54, 1.807) is 0 Å². The van der Waals surface area contributed by atoms with Crippen molar-refractivity contribution in [2.75, 3.05) is 0 Å². The topological polar surface area (TPSA) is 31.5 Å². The van der Waals surface area contributed by atoms with Crippen LogP contribution in [0, 0.1) is 0 Å². The Morgan fingerprint density at radius 1 is 0.400 bits per heavy atom. The van der Waals surface area contributed by atoms with E-state index in [1.165, 1.54) is 0 Å². The van der Waals surface area contributed by atoms with Crippen LogP contribution in [0.4, 0.5) is 0 Å². The minimum atomic E-state index is 0. The molecule has 0 fully saturated rings. The molecule has 0 heterocycles. The van der Waals surface area contributed by atoms with Gasteiger partial charge in [0.25, 0.3) is 0 Å². The Labute approximate surface area is 80.0 Å². The Bertz CT molecular complexity index is 3.61. The van der Waals surface area contributed by atoms with Gasteiger partial charge >= 0.3 is 75.4 Å². The van der Waals surface area contributed by atoms with E-state index in [4.69, 9.17) is 0 Å². The maximum absolute atomic E-state index is 0. The first-order chi connectivity index (χ1) is 0. The zero-order valence-electron chi connectivity index (χ0n) is 0.500. The molecule has 5 heavy (non-hydrogen) atoms. The second-order valence-corrected chi connectivity index (χ2v) is 0. The Hall–Kier alpha value is 2.35. The molecule has 0 atom stereocenters. The SMILES string of the molecule is O.[LiH].[LiH].[LiH].[LiH]. The third-order valence-electron chi connectivity index (χ3n) is 0. The number of hydrogen-bond acceptors (Lipinski definition) is 0. The van der Waals surface area contributed by atoms with Gasteiger partial charge in [-0.1, -0.05) is 0 Å². The molecule has 0 aliphatic rings. The van der Waals surface area contributed by atoms with Gasteiger partial charge in [-0.15, -0.1) is 0 Å². The van der Waals surface area contributed by atoms with E-state index >= 15 is 0 Å². The summed E-state index contributed by atoms with van der Waals surface area (Å²) >= 11 is 0. The molecule has 1 nitrogen and oxygen atoms in total. The van der Waals surface area contributed by atoms with Gasteiger partial charge in [0.2, 0.25) is 0 Å². The predicted molar refractivity (Wildman–Crippen MR) is 32.2 cm³/mol. The molecule has 5 heteroatoms. The molecule has 0 aromatic carbocycles. The van der Waals surface area contributed by atoms with Crippen molar-refractivity contribution in [1.29, 1.82) is 0 Å². The molecule has 0 radical (unpaired) electrons. The van der Waals surface area contributed by atoms with Crippen molar-refractivity contribution in [2.45, 2.75) is 0 Å². The molecule has 2 N–H and O–H groups in total. The molecule has 0 aromatic heterocycles. The van der Waals surface area contributed by atoms with Crippen LogP contribution < -0.4 is 0 Å². The van der Waals surface area contributed by atoms with Crippen molar-refractivity contribution in [3.63, 3.8) is 0 Å². The van der Waals surface area contributed by atoms with Gasteiger partial charge in [0, 0.05) is 0 Å². The molecule has 16 valence electrons. The zero-order chi connectivity index (χ0) is 0. The van der Waals surface area contributed by atoms with Crippen LogP contribution in [0.1, 0.15) is 0 Å². The molecule has 0 amide bonds. The quantitative estimate of drug-likeness (QED) is 0.256. The van der Waals surface area contributed by atoms with Crippen LogP contribution >= 0.6 is 0 Å². The summed E-state index contributed by atoms with van der Waals surface area (Å²) in [5.74, 6) is 0. The maximum atomic E-state index is 0. The molecule has 0 bridgehead atoms. The standard InChI is InChI=1S/4Li.H2O.4H/h;;;;1H2;;;;. The van der Waals surface area contributed by atoms with Crippen molar-refractivity contribution in [3.8, 4) is 0 Å². The molecule has 0 aromatic rings. The summed E-state index contributed by atoms with van der Waals surface area (Å²) in [6.45, 7) is 0. The van der Waals surface area contributed by atoms with Crippen LogP contribution in [0.2, 0.25) is 0 Å². The van der Waals surface area contributed by atoms with Crippen molar-refractivity contribution < 1.29 is 5.48 Å². The number of rotatable bonds is 0. The average Bonchev–Trinajstić information content (AvgIpc) is 0. The second-order valence-electron chi connectivity index (χ2n) is 0. The third-order valence-corrected chi connectivity index (χ3v) is 0. The van der Waals surface area contributed by atoms with Crippen molar-refractivity contribution in [2.24, 2.45) is 0 Å². The van der Waals surface area contributed by atoms with Gasteiger partial charge in [0.05, 0.1) is 0 Å². The van der Waals surface area contributed by atoms with Crippen molar-refractivity contribution in [3.05, 3.63) is 0 Å². The predicted octanol–water partition coefficient (Wildman–Crippen LogP) is -3.42. The molecule has 0 rings (SSSR count). The normalized spacial score (nSPS) is 0. The summed E-state index contributed by atoms with van der Waals surface area (Å²) in [4.78, 5) is 0. The van der Waals surface area contributed by atoms with Gasteiger partial charge in [-0.05, 0) is 0 Å². The summed E-state index contributed by atoms with van der Waals surface area (Å²) in [5, 5.41) is 0. The molecule has 0 spiro atoms. The van der Waals surface area contributed by atoms with Crippen LogP contribution in [0.25, 0.3) is 0 Å². The van der Waals surface area contributed by atoms with Crippen LogP contribution in [-0.4, -0.2) is 80.9 Å². The van der Waals surface area contributed by atoms with E-state index < -0.39 is 0 Å². The summed E-state index contributed by atoms with van der Waals surface area (Å²) in [6.07, 6.45) is 0. The minimum absolute atomic E-state index is 0. The van der Waals surface area contributed by atoms with E-state index in [9.17, 15) is 0 Å². The summed E-state index contributed by atoms with van der Waals surface area (Å²) in [7, 11) is 0. The Morgan fingerprint density at radius 3 is 0.400 bits per heavy atom. The summed E-state index contributed by atoms with van der Waals surface area (Å²) in [5.41, 5.74) is 0. The average molecular weight is 49.8 g/mol. The second kappa shape index (κ2) is 32.9. The molecular formula is H6Li4O. The Balaban J connectivity index is 0. The van der Waals surface area contributed by atoms with E-state index in [-0.39, 0.29) is 80.9 Å². The molecule has 0 saturated carbocycles. The molecule has 0 unspecified atom stereocenters. The fourth-order valence-corrected chi connectivity index (χ4v) is 0. The monoisotopic (exact) mass is 50.1 g/mol. The molecule has 0 saturated heterocycles. The molecule has 0 aliphatic carbocycles. The fraction of sp³-hybridized carbons (Fsp3) is 0. The van der Waals surface area contributed by atoms with Crippen LogP contribution in [0.3, 0.4) is 0 Å². The van der Waals surface area contributed by atoms with E-state index in [1.807, 2.05) is 0 Å². The van der Waals surface area contributed by atoms with E-state index in [2.05, 4.69) is 0 Å². The third kappa shape index (κ3) is 21.8. The Morgan fingerprint density at radius 2 is 0.400 bits per heavy atom. The van der Waals surface area contributed by atoms with Crippen LogP contribution in [0.15, 0.2) is 0 Å². The van der Waals surface area contributed by atoms with Gasteiger partial charge < -0.3 is 5.48 Å². The zero-order valence-corrected chi connectivity index (χ0v) is 0.500. The van der Waals surface area contributed by atoms with Gasteiger partial charge in [0.15, 0.2) is 0 Å². The first-order valence-corrected chi connectivity index (χ1v) is 0. The Kier molecular flexibility index (Phi) is 353. The fourth-order valence-electron chi connectivity index (χ4n) is 0. The first-order valence-electron chi connectivity index (χ1n) is 0. The molecular weight excluding hydrogens is 43.8 g/mol. The van der Waals surface area contributed by atoms with E-state index in [0.717, 1.165) is 0 Å². The number of hydrogen-bond donors (Lipinski definition) is 0. The first kappa shape index (κ1) is 53.7. The van der Waals surface area contributed by atoms with Gasteiger partial charge in [0.1, 0.15) is 0 Å². The van der Waals surface area contributed by atoms with Crippen LogP contribution in [0.5, 0.6) is 0 Å². The van der Waals surface area contributed by atoms with Gasteiger partial charge in [-0.2, -0.15) is 0 Å². The summed E-state index contributed by atoms with van der Waals surface area (Å²) in [6, 6.07) is 0. The van der Waals surface area contributed by atoms with Gasteiger partial charge in [-0.25, -0.2) is 0 Å². The summed E-state index contributed by atoms with van der Waals surface area (Å²) < 4.78 is 0. The molecule has 0 aliphatic heterocycles. The van der Waals surface area contributed by atoms with Gasteiger partial charge in [-0.3, -0.25) is 0 Å². The van der Waals surface area contributed by atoms with Crippen molar-refractivity contribution in [1.82, 2.24) is 0 Å². The van der Waals surface area contributed by atoms with Crippen molar-refractivity contribution >= 4 is 75.4 Å².